The lowest BCUT2D eigenvalue weighted by atomic mass is 10.3. The Morgan fingerprint density at radius 3 is 2.35 bits per heavy atom. The van der Waals surface area contributed by atoms with E-state index in [9.17, 15) is 0 Å². The van der Waals surface area contributed by atoms with Gasteiger partial charge in [0.2, 0.25) is 11.9 Å². The Morgan fingerprint density at radius 2 is 1.75 bits per heavy atom. The van der Waals surface area contributed by atoms with Gasteiger partial charge in [-0.25, -0.2) is 5.84 Å². The number of hydrogen-bond acceptors (Lipinski definition) is 7. The van der Waals surface area contributed by atoms with Gasteiger partial charge in [-0.2, -0.15) is 15.0 Å². The molecule has 2 aromatic rings. The molecule has 0 bridgehead atoms. The van der Waals surface area contributed by atoms with Gasteiger partial charge in [0.25, 0.3) is 0 Å². The van der Waals surface area contributed by atoms with Crippen LogP contribution in [0.3, 0.4) is 0 Å². The molecule has 0 aliphatic carbocycles. The van der Waals surface area contributed by atoms with Crippen molar-refractivity contribution in [3.63, 3.8) is 0 Å². The standard InChI is InChI=1S/C12H15BrN6O/c1-7(2)20-12-17-10(16-11(18-12)19-14)15-9-5-3-8(13)4-6-9/h3-7H,14H2,1-2H3,(H2,15,16,17,18,19). The summed E-state index contributed by atoms with van der Waals surface area (Å²) >= 11 is 3.38. The number of ether oxygens (including phenoxy) is 1. The molecule has 0 aliphatic rings. The molecule has 4 N–H and O–H groups in total. The quantitative estimate of drug-likeness (QED) is 0.568. The fraction of sp³-hybridized carbons (Fsp3) is 0.250. The molecule has 106 valence electrons. The van der Waals surface area contributed by atoms with Crippen LogP contribution in [-0.4, -0.2) is 21.1 Å². The van der Waals surface area contributed by atoms with Gasteiger partial charge in [-0.1, -0.05) is 15.9 Å². The Balaban J connectivity index is 2.23. The van der Waals surface area contributed by atoms with Gasteiger partial charge in [-0.05, 0) is 38.1 Å². The fourth-order valence-electron chi connectivity index (χ4n) is 1.40. The number of nitrogens with one attached hydrogen (secondary N) is 2. The first-order chi connectivity index (χ1) is 9.56. The van der Waals surface area contributed by atoms with E-state index in [1.165, 1.54) is 0 Å². The van der Waals surface area contributed by atoms with Crippen LogP contribution in [-0.2, 0) is 0 Å². The summed E-state index contributed by atoms with van der Waals surface area (Å²) in [7, 11) is 0. The molecular weight excluding hydrogens is 324 g/mol. The molecule has 0 spiro atoms. The minimum absolute atomic E-state index is 0.0384. The number of anilines is 3. The Morgan fingerprint density at radius 1 is 1.10 bits per heavy atom. The van der Waals surface area contributed by atoms with E-state index in [-0.39, 0.29) is 18.1 Å². The van der Waals surface area contributed by atoms with E-state index in [4.69, 9.17) is 10.6 Å². The minimum atomic E-state index is -0.0384. The summed E-state index contributed by atoms with van der Waals surface area (Å²) in [6.45, 7) is 3.78. The molecule has 0 amide bonds. The normalized spacial score (nSPS) is 10.4. The van der Waals surface area contributed by atoms with Gasteiger partial charge in [0.05, 0.1) is 6.10 Å². The molecule has 0 fully saturated rings. The lowest BCUT2D eigenvalue weighted by Crippen LogP contribution is -2.15. The maximum Gasteiger partial charge on any atom is 0.323 e. The van der Waals surface area contributed by atoms with Crippen molar-refractivity contribution in [2.45, 2.75) is 20.0 Å². The molecular formula is C12H15BrN6O. The van der Waals surface area contributed by atoms with E-state index < -0.39 is 0 Å². The van der Waals surface area contributed by atoms with Crippen molar-refractivity contribution < 1.29 is 4.74 Å². The number of nitrogens with two attached hydrogens (primary N) is 1. The summed E-state index contributed by atoms with van der Waals surface area (Å²) in [6.07, 6.45) is -0.0384. The van der Waals surface area contributed by atoms with Gasteiger partial charge in [0, 0.05) is 10.2 Å². The van der Waals surface area contributed by atoms with Gasteiger partial charge in [0.1, 0.15) is 0 Å². The maximum atomic E-state index is 5.45. The zero-order valence-electron chi connectivity index (χ0n) is 11.1. The van der Waals surface area contributed by atoms with Gasteiger partial charge in [0.15, 0.2) is 0 Å². The van der Waals surface area contributed by atoms with Crippen LogP contribution in [0.1, 0.15) is 13.8 Å². The van der Waals surface area contributed by atoms with E-state index in [0.717, 1.165) is 10.2 Å². The number of halogens is 1. The number of rotatable bonds is 5. The number of hydrogen-bond donors (Lipinski definition) is 3. The van der Waals surface area contributed by atoms with Crippen LogP contribution in [0.15, 0.2) is 28.7 Å². The highest BCUT2D eigenvalue weighted by Crippen LogP contribution is 2.19. The highest BCUT2D eigenvalue weighted by atomic mass is 79.9. The molecule has 1 aromatic heterocycles. The van der Waals surface area contributed by atoms with Crippen molar-refractivity contribution in [1.82, 2.24) is 15.0 Å². The second-order valence-corrected chi connectivity index (χ2v) is 5.12. The molecule has 1 heterocycles. The second kappa shape index (κ2) is 6.49. The number of hydrazine groups is 1. The summed E-state index contributed by atoms with van der Waals surface area (Å²) in [6, 6.07) is 7.83. The van der Waals surface area contributed by atoms with Crippen LogP contribution in [0.25, 0.3) is 0 Å². The Hall–Kier alpha value is -1.93. The largest absolute Gasteiger partial charge is 0.461 e. The first kappa shape index (κ1) is 14.5. The molecule has 0 radical (unpaired) electrons. The Bertz CT molecular complexity index is 575. The smallest absolute Gasteiger partial charge is 0.323 e. The maximum absolute atomic E-state index is 5.45. The molecule has 7 nitrogen and oxygen atoms in total. The average molecular weight is 339 g/mol. The van der Waals surface area contributed by atoms with E-state index >= 15 is 0 Å². The molecule has 1 aromatic carbocycles. The summed E-state index contributed by atoms with van der Waals surface area (Å²) in [5, 5.41) is 3.06. The molecule has 20 heavy (non-hydrogen) atoms. The lowest BCUT2D eigenvalue weighted by molar-refractivity contribution is 0.222. The number of aromatic nitrogens is 3. The van der Waals surface area contributed by atoms with Crippen molar-refractivity contribution in [2.24, 2.45) is 5.84 Å². The van der Waals surface area contributed by atoms with Crippen LogP contribution in [0, 0.1) is 0 Å². The van der Waals surface area contributed by atoms with Crippen molar-refractivity contribution in [2.75, 3.05) is 10.7 Å². The molecule has 0 saturated heterocycles. The summed E-state index contributed by atoms with van der Waals surface area (Å²) in [5.41, 5.74) is 3.23. The topological polar surface area (TPSA) is 98.0 Å². The predicted octanol–water partition coefficient (Wildman–Crippen LogP) is 2.45. The third-order valence-corrected chi connectivity index (χ3v) is 2.71. The third kappa shape index (κ3) is 4.04. The Labute approximate surface area is 125 Å². The van der Waals surface area contributed by atoms with Crippen molar-refractivity contribution >= 4 is 33.5 Å². The van der Waals surface area contributed by atoms with E-state index in [0.29, 0.717) is 5.95 Å². The van der Waals surface area contributed by atoms with Crippen LogP contribution in [0.2, 0.25) is 0 Å². The predicted molar refractivity (Wildman–Crippen MR) is 80.8 cm³/mol. The third-order valence-electron chi connectivity index (χ3n) is 2.19. The summed E-state index contributed by atoms with van der Waals surface area (Å²) in [4.78, 5) is 12.3. The van der Waals surface area contributed by atoms with Crippen LogP contribution < -0.4 is 21.3 Å². The lowest BCUT2D eigenvalue weighted by Gasteiger charge is -2.11. The number of nitrogens with zero attached hydrogens (tertiary/aromatic N) is 3. The summed E-state index contributed by atoms with van der Waals surface area (Å²) in [5.74, 6) is 5.92. The minimum Gasteiger partial charge on any atom is -0.461 e. The van der Waals surface area contributed by atoms with Crippen molar-refractivity contribution in [3.05, 3.63) is 28.7 Å². The molecule has 0 aliphatic heterocycles. The first-order valence-electron chi connectivity index (χ1n) is 5.99. The second-order valence-electron chi connectivity index (χ2n) is 4.21. The number of benzene rings is 1. The van der Waals surface area contributed by atoms with E-state index in [1.807, 2.05) is 38.1 Å². The van der Waals surface area contributed by atoms with Crippen LogP contribution >= 0.6 is 15.9 Å². The van der Waals surface area contributed by atoms with E-state index in [2.05, 4.69) is 41.6 Å². The van der Waals surface area contributed by atoms with Gasteiger partial charge < -0.3 is 10.1 Å². The highest BCUT2D eigenvalue weighted by Gasteiger charge is 2.08. The Kier molecular flexibility index (Phi) is 4.70. The van der Waals surface area contributed by atoms with E-state index in [1.54, 1.807) is 0 Å². The molecule has 8 heteroatoms. The van der Waals surface area contributed by atoms with Gasteiger partial charge >= 0.3 is 6.01 Å². The van der Waals surface area contributed by atoms with Crippen molar-refractivity contribution in [1.29, 1.82) is 0 Å². The average Bonchev–Trinajstić information content (AvgIpc) is 2.40. The molecule has 0 atom stereocenters. The zero-order chi connectivity index (χ0) is 14.5. The van der Waals surface area contributed by atoms with Gasteiger partial charge in [-0.15, -0.1) is 0 Å². The monoisotopic (exact) mass is 338 g/mol. The van der Waals surface area contributed by atoms with Crippen LogP contribution in [0.4, 0.5) is 17.6 Å². The number of nitrogen functional groups attached to an aromatic ring is 1. The van der Waals surface area contributed by atoms with Gasteiger partial charge in [-0.3, -0.25) is 5.43 Å². The molecule has 0 saturated carbocycles. The first-order valence-corrected chi connectivity index (χ1v) is 6.78. The van der Waals surface area contributed by atoms with Crippen LogP contribution in [0.5, 0.6) is 6.01 Å². The van der Waals surface area contributed by atoms with Crippen molar-refractivity contribution in [3.8, 4) is 6.01 Å². The summed E-state index contributed by atoms with van der Waals surface area (Å²) < 4.78 is 6.44. The fourth-order valence-corrected chi connectivity index (χ4v) is 1.67. The molecule has 0 unspecified atom stereocenters. The molecule has 2 rings (SSSR count). The highest BCUT2D eigenvalue weighted by molar-refractivity contribution is 9.10. The zero-order valence-corrected chi connectivity index (χ0v) is 12.7. The SMILES string of the molecule is CC(C)Oc1nc(NN)nc(Nc2ccc(Br)cc2)n1.